The lowest BCUT2D eigenvalue weighted by atomic mass is 9.93. The van der Waals surface area contributed by atoms with Crippen molar-refractivity contribution in [2.24, 2.45) is 5.92 Å². The first kappa shape index (κ1) is 14.5. The molecule has 4 heteroatoms. The van der Waals surface area contributed by atoms with Gasteiger partial charge in [0.1, 0.15) is 0 Å². The molecule has 4 nitrogen and oxygen atoms in total. The standard InChI is InChI=1S/C13H26N2O2/c1-3-17-9-5-7-13(16)15-11(2)12-6-4-8-14-10-12/h11-12,14H,3-10H2,1-2H3,(H,15,16). The van der Waals surface area contributed by atoms with Crippen LogP contribution in [0.2, 0.25) is 0 Å². The second-order valence-corrected chi connectivity index (χ2v) is 4.76. The first-order valence-electron chi connectivity index (χ1n) is 6.82. The van der Waals surface area contributed by atoms with E-state index in [-0.39, 0.29) is 11.9 Å². The topological polar surface area (TPSA) is 50.4 Å². The van der Waals surface area contributed by atoms with Crippen molar-refractivity contribution in [2.75, 3.05) is 26.3 Å². The molecule has 0 radical (unpaired) electrons. The summed E-state index contributed by atoms with van der Waals surface area (Å²) in [5.74, 6) is 0.738. The summed E-state index contributed by atoms with van der Waals surface area (Å²) in [5, 5.41) is 6.47. The molecule has 0 aromatic heterocycles. The molecule has 2 unspecified atom stereocenters. The lowest BCUT2D eigenvalue weighted by Crippen LogP contribution is -2.44. The zero-order valence-corrected chi connectivity index (χ0v) is 11.1. The highest BCUT2D eigenvalue weighted by atomic mass is 16.5. The van der Waals surface area contributed by atoms with Crippen LogP contribution in [0.4, 0.5) is 0 Å². The summed E-state index contributed by atoms with van der Waals surface area (Å²) >= 11 is 0. The van der Waals surface area contributed by atoms with E-state index >= 15 is 0 Å². The van der Waals surface area contributed by atoms with E-state index in [1.54, 1.807) is 0 Å². The van der Waals surface area contributed by atoms with E-state index < -0.39 is 0 Å². The fraction of sp³-hybridized carbons (Fsp3) is 0.923. The maximum Gasteiger partial charge on any atom is 0.220 e. The first-order chi connectivity index (χ1) is 8.24. The van der Waals surface area contributed by atoms with Gasteiger partial charge in [0.15, 0.2) is 0 Å². The van der Waals surface area contributed by atoms with Crippen LogP contribution in [0, 0.1) is 5.92 Å². The molecule has 1 aliphatic heterocycles. The smallest absolute Gasteiger partial charge is 0.220 e. The SMILES string of the molecule is CCOCCCC(=O)NC(C)C1CCCNC1. The summed E-state index contributed by atoms with van der Waals surface area (Å²) in [5.41, 5.74) is 0. The van der Waals surface area contributed by atoms with Crippen molar-refractivity contribution in [3.63, 3.8) is 0 Å². The highest BCUT2D eigenvalue weighted by Crippen LogP contribution is 2.14. The van der Waals surface area contributed by atoms with Crippen molar-refractivity contribution in [3.05, 3.63) is 0 Å². The van der Waals surface area contributed by atoms with Gasteiger partial charge in [0.2, 0.25) is 5.91 Å². The Morgan fingerprint density at radius 2 is 2.41 bits per heavy atom. The van der Waals surface area contributed by atoms with Gasteiger partial charge in [0, 0.05) is 25.7 Å². The zero-order chi connectivity index (χ0) is 12.5. The molecule has 0 spiro atoms. The third kappa shape index (κ3) is 6.03. The lowest BCUT2D eigenvalue weighted by Gasteiger charge is -2.28. The van der Waals surface area contributed by atoms with Gasteiger partial charge in [-0.3, -0.25) is 4.79 Å². The number of hydrogen-bond donors (Lipinski definition) is 2. The number of carbonyl (C=O) groups is 1. The minimum Gasteiger partial charge on any atom is -0.382 e. The van der Waals surface area contributed by atoms with Crippen LogP contribution >= 0.6 is 0 Å². The minimum absolute atomic E-state index is 0.155. The zero-order valence-electron chi connectivity index (χ0n) is 11.1. The van der Waals surface area contributed by atoms with Crippen LogP contribution in [0.1, 0.15) is 39.5 Å². The van der Waals surface area contributed by atoms with Crippen molar-refractivity contribution < 1.29 is 9.53 Å². The van der Waals surface area contributed by atoms with Crippen LogP contribution in [0.5, 0.6) is 0 Å². The van der Waals surface area contributed by atoms with E-state index in [4.69, 9.17) is 4.74 Å². The van der Waals surface area contributed by atoms with Crippen LogP contribution in [-0.2, 0) is 9.53 Å². The molecular weight excluding hydrogens is 216 g/mol. The summed E-state index contributed by atoms with van der Waals surface area (Å²) in [7, 11) is 0. The van der Waals surface area contributed by atoms with Gasteiger partial charge in [-0.1, -0.05) is 0 Å². The summed E-state index contributed by atoms with van der Waals surface area (Å²) in [6.45, 7) is 7.64. The van der Waals surface area contributed by atoms with Crippen molar-refractivity contribution >= 4 is 5.91 Å². The Morgan fingerprint density at radius 1 is 1.59 bits per heavy atom. The molecular formula is C13H26N2O2. The van der Waals surface area contributed by atoms with Crippen LogP contribution in [0.25, 0.3) is 0 Å². The van der Waals surface area contributed by atoms with Gasteiger partial charge >= 0.3 is 0 Å². The largest absolute Gasteiger partial charge is 0.382 e. The van der Waals surface area contributed by atoms with Gasteiger partial charge in [-0.25, -0.2) is 0 Å². The molecule has 1 fully saturated rings. The minimum atomic E-state index is 0.155. The van der Waals surface area contributed by atoms with Crippen molar-refractivity contribution in [3.8, 4) is 0 Å². The van der Waals surface area contributed by atoms with Crippen molar-refractivity contribution in [2.45, 2.75) is 45.6 Å². The predicted octanol–water partition coefficient (Wildman–Crippen LogP) is 1.31. The average Bonchev–Trinajstić information content (AvgIpc) is 2.36. The normalized spacial score (nSPS) is 22.1. The Morgan fingerprint density at radius 3 is 3.06 bits per heavy atom. The average molecular weight is 242 g/mol. The third-order valence-electron chi connectivity index (χ3n) is 3.33. The molecule has 2 N–H and O–H groups in total. The second kappa shape index (κ2) is 8.48. The second-order valence-electron chi connectivity index (χ2n) is 4.76. The molecule has 1 aliphatic rings. The molecule has 0 aliphatic carbocycles. The van der Waals surface area contributed by atoms with Crippen LogP contribution < -0.4 is 10.6 Å². The Balaban J connectivity index is 2.11. The van der Waals surface area contributed by atoms with Crippen LogP contribution in [-0.4, -0.2) is 38.3 Å². The fourth-order valence-electron chi connectivity index (χ4n) is 2.23. The highest BCUT2D eigenvalue weighted by Gasteiger charge is 2.20. The molecule has 17 heavy (non-hydrogen) atoms. The van der Waals surface area contributed by atoms with Crippen LogP contribution in [0.15, 0.2) is 0 Å². The van der Waals surface area contributed by atoms with Gasteiger partial charge < -0.3 is 15.4 Å². The molecule has 1 heterocycles. The number of rotatable bonds is 7. The highest BCUT2D eigenvalue weighted by molar-refractivity contribution is 5.76. The summed E-state index contributed by atoms with van der Waals surface area (Å²) < 4.78 is 5.22. The number of amides is 1. The Bertz CT molecular complexity index is 215. The fourth-order valence-corrected chi connectivity index (χ4v) is 2.23. The molecule has 1 amide bonds. The van der Waals surface area contributed by atoms with Gasteiger partial charge in [0.25, 0.3) is 0 Å². The predicted molar refractivity (Wildman–Crippen MR) is 68.9 cm³/mol. The third-order valence-corrected chi connectivity index (χ3v) is 3.33. The Kier molecular flexibility index (Phi) is 7.21. The van der Waals surface area contributed by atoms with E-state index in [2.05, 4.69) is 17.6 Å². The monoisotopic (exact) mass is 242 g/mol. The molecule has 0 saturated carbocycles. The van der Waals surface area contributed by atoms with Gasteiger partial charge in [0.05, 0.1) is 0 Å². The Hall–Kier alpha value is -0.610. The molecule has 100 valence electrons. The number of carbonyl (C=O) groups excluding carboxylic acids is 1. The number of hydrogen-bond acceptors (Lipinski definition) is 3. The van der Waals surface area contributed by atoms with Gasteiger partial charge in [-0.05, 0) is 52.1 Å². The van der Waals surface area contributed by atoms with Crippen molar-refractivity contribution in [1.29, 1.82) is 0 Å². The summed E-state index contributed by atoms with van der Waals surface area (Å²) in [6, 6.07) is 0.280. The van der Waals surface area contributed by atoms with Gasteiger partial charge in [-0.2, -0.15) is 0 Å². The summed E-state index contributed by atoms with van der Waals surface area (Å²) in [6.07, 6.45) is 3.82. The number of nitrogens with one attached hydrogen (secondary N) is 2. The van der Waals surface area contributed by atoms with Crippen LogP contribution in [0.3, 0.4) is 0 Å². The first-order valence-corrected chi connectivity index (χ1v) is 6.82. The molecule has 0 aromatic carbocycles. The lowest BCUT2D eigenvalue weighted by molar-refractivity contribution is -0.122. The maximum atomic E-state index is 11.7. The molecule has 1 saturated heterocycles. The molecule has 0 aromatic rings. The molecule has 0 bridgehead atoms. The van der Waals surface area contributed by atoms with Crippen molar-refractivity contribution in [1.82, 2.24) is 10.6 Å². The molecule has 2 atom stereocenters. The van der Waals surface area contributed by atoms with E-state index in [1.807, 2.05) is 6.92 Å². The van der Waals surface area contributed by atoms with E-state index in [0.717, 1.165) is 26.1 Å². The Labute approximate surface area is 104 Å². The van der Waals surface area contributed by atoms with E-state index in [9.17, 15) is 4.79 Å². The van der Waals surface area contributed by atoms with E-state index in [1.165, 1.54) is 12.8 Å². The number of ether oxygens (including phenoxy) is 1. The molecule has 1 rings (SSSR count). The maximum absolute atomic E-state index is 11.7. The quantitative estimate of drug-likeness (QED) is 0.662. The van der Waals surface area contributed by atoms with E-state index in [0.29, 0.717) is 18.9 Å². The van der Waals surface area contributed by atoms with Gasteiger partial charge in [-0.15, -0.1) is 0 Å². The number of piperidine rings is 1. The summed E-state index contributed by atoms with van der Waals surface area (Å²) in [4.78, 5) is 11.7.